The zero-order valence-electron chi connectivity index (χ0n) is 15.1. The lowest BCUT2D eigenvalue weighted by molar-refractivity contribution is -0.120. The van der Waals surface area contributed by atoms with Crippen LogP contribution < -0.4 is 4.74 Å². The van der Waals surface area contributed by atoms with Crippen LogP contribution >= 0.6 is 11.6 Å². The monoisotopic (exact) mass is 385 g/mol. The number of hydrogen-bond acceptors (Lipinski definition) is 4. The van der Waals surface area contributed by atoms with Crippen LogP contribution in [0.5, 0.6) is 11.6 Å². The van der Waals surface area contributed by atoms with Crippen molar-refractivity contribution in [3.8, 4) is 11.6 Å². The fourth-order valence-electron chi connectivity index (χ4n) is 2.80. The van der Waals surface area contributed by atoms with Crippen LogP contribution in [0.1, 0.15) is 26.3 Å². The van der Waals surface area contributed by atoms with E-state index in [0.717, 1.165) is 17.3 Å². The van der Waals surface area contributed by atoms with Crippen LogP contribution in [0.3, 0.4) is 0 Å². The summed E-state index contributed by atoms with van der Waals surface area (Å²) in [6.07, 6.45) is 0.842. The highest BCUT2D eigenvalue weighted by atomic mass is 35.5. The van der Waals surface area contributed by atoms with Crippen molar-refractivity contribution in [3.05, 3.63) is 53.6 Å². The van der Waals surface area contributed by atoms with Crippen LogP contribution in [0, 0.1) is 0 Å². The lowest BCUT2D eigenvalue weighted by Gasteiger charge is -2.13. The first-order chi connectivity index (χ1) is 13.0. The molecule has 0 fully saturated rings. The molecular weight excluding hydrogens is 366 g/mol. The third-order valence-electron chi connectivity index (χ3n) is 4.31. The van der Waals surface area contributed by atoms with Gasteiger partial charge in [0.25, 0.3) is 0 Å². The SMILES string of the molecule is CCC(C)n1c(O)c(N=NC(=O)COc2cccc(Cl)c2)c2ccccc21. The zero-order chi connectivity index (χ0) is 19.4. The molecular formula is C20H20ClN3O3. The van der Waals surface area contributed by atoms with Crippen molar-refractivity contribution in [1.82, 2.24) is 4.57 Å². The molecule has 1 N–H and O–H groups in total. The van der Waals surface area contributed by atoms with E-state index in [1.165, 1.54) is 0 Å². The molecule has 3 aromatic rings. The Kier molecular flexibility index (Phi) is 5.76. The second kappa shape index (κ2) is 8.22. The third kappa shape index (κ3) is 4.11. The molecule has 0 spiro atoms. The maximum atomic E-state index is 12.0. The molecule has 0 saturated carbocycles. The largest absolute Gasteiger partial charge is 0.493 e. The van der Waals surface area contributed by atoms with Gasteiger partial charge >= 0.3 is 5.91 Å². The molecule has 6 nitrogen and oxygen atoms in total. The number of rotatable bonds is 6. The summed E-state index contributed by atoms with van der Waals surface area (Å²) in [7, 11) is 0. The van der Waals surface area contributed by atoms with Crippen LogP contribution in [0.15, 0.2) is 58.8 Å². The molecule has 7 heteroatoms. The lowest BCUT2D eigenvalue weighted by atomic mass is 10.2. The Labute approximate surface area is 162 Å². The molecule has 3 rings (SSSR count). The van der Waals surface area contributed by atoms with E-state index in [2.05, 4.69) is 10.2 Å². The van der Waals surface area contributed by atoms with Gasteiger partial charge in [-0.3, -0.25) is 4.79 Å². The van der Waals surface area contributed by atoms with Crippen molar-refractivity contribution < 1.29 is 14.6 Å². The number of carbonyl (C=O) groups is 1. The molecule has 140 valence electrons. The summed E-state index contributed by atoms with van der Waals surface area (Å²) in [6, 6.07) is 14.3. The maximum Gasteiger partial charge on any atom is 0.302 e. The second-order valence-corrected chi connectivity index (χ2v) is 6.59. The van der Waals surface area contributed by atoms with Crippen LogP contribution in [0.25, 0.3) is 10.9 Å². The van der Waals surface area contributed by atoms with Gasteiger partial charge in [-0.15, -0.1) is 10.2 Å². The minimum absolute atomic E-state index is 0.00198. The summed E-state index contributed by atoms with van der Waals surface area (Å²) in [5.41, 5.74) is 1.13. The molecule has 0 aliphatic heterocycles. The Balaban J connectivity index is 1.81. The number of aromatic hydroxyl groups is 1. The topological polar surface area (TPSA) is 76.2 Å². The van der Waals surface area contributed by atoms with E-state index in [9.17, 15) is 9.90 Å². The Morgan fingerprint density at radius 2 is 2.04 bits per heavy atom. The summed E-state index contributed by atoms with van der Waals surface area (Å²) < 4.78 is 7.16. The summed E-state index contributed by atoms with van der Waals surface area (Å²) in [4.78, 5) is 12.0. The van der Waals surface area contributed by atoms with E-state index >= 15 is 0 Å². The van der Waals surface area contributed by atoms with Crippen LogP contribution in [0.2, 0.25) is 5.02 Å². The van der Waals surface area contributed by atoms with Crippen molar-refractivity contribution >= 4 is 34.1 Å². The van der Waals surface area contributed by atoms with Gasteiger partial charge in [0.1, 0.15) is 5.75 Å². The zero-order valence-corrected chi connectivity index (χ0v) is 15.8. The van der Waals surface area contributed by atoms with Crippen molar-refractivity contribution in [2.24, 2.45) is 10.2 Å². The summed E-state index contributed by atoms with van der Waals surface area (Å²) in [6.45, 7) is 3.78. The molecule has 27 heavy (non-hydrogen) atoms. The Bertz CT molecular complexity index is 997. The molecule has 0 aliphatic rings. The molecule has 1 heterocycles. The Morgan fingerprint density at radius 3 is 2.78 bits per heavy atom. The molecule has 0 bridgehead atoms. The molecule has 1 amide bonds. The molecule has 1 unspecified atom stereocenters. The van der Waals surface area contributed by atoms with Gasteiger partial charge in [0.05, 0.1) is 5.52 Å². The number of halogens is 1. The quantitative estimate of drug-likeness (QED) is 0.556. The minimum Gasteiger partial charge on any atom is -0.493 e. The van der Waals surface area contributed by atoms with Crippen molar-refractivity contribution in [2.45, 2.75) is 26.3 Å². The highest BCUT2D eigenvalue weighted by Gasteiger charge is 2.19. The minimum atomic E-state index is -0.560. The summed E-state index contributed by atoms with van der Waals surface area (Å²) >= 11 is 5.88. The fourth-order valence-corrected chi connectivity index (χ4v) is 2.98. The average molecular weight is 386 g/mol. The van der Waals surface area contributed by atoms with E-state index in [1.54, 1.807) is 28.8 Å². The number of para-hydroxylation sites is 1. The summed E-state index contributed by atoms with van der Waals surface area (Å²) in [5.74, 6) is -0.0881. The van der Waals surface area contributed by atoms with E-state index in [4.69, 9.17) is 16.3 Å². The molecule has 0 saturated heterocycles. The number of azo groups is 1. The second-order valence-electron chi connectivity index (χ2n) is 6.16. The predicted molar refractivity (Wildman–Crippen MR) is 105 cm³/mol. The van der Waals surface area contributed by atoms with Gasteiger partial charge in [-0.1, -0.05) is 42.8 Å². The van der Waals surface area contributed by atoms with Crippen molar-refractivity contribution in [3.63, 3.8) is 0 Å². The van der Waals surface area contributed by atoms with Gasteiger partial charge in [0, 0.05) is 16.5 Å². The first-order valence-corrected chi connectivity index (χ1v) is 9.04. The number of fused-ring (bicyclic) bond motifs is 1. The number of hydrogen-bond donors (Lipinski definition) is 1. The van der Waals surface area contributed by atoms with Gasteiger partial charge in [0.15, 0.2) is 12.3 Å². The van der Waals surface area contributed by atoms with Gasteiger partial charge in [0.2, 0.25) is 5.88 Å². The Hall–Kier alpha value is -2.86. The fraction of sp³-hybridized carbons (Fsp3) is 0.250. The van der Waals surface area contributed by atoms with Gasteiger partial charge in [-0.25, -0.2) is 0 Å². The summed E-state index contributed by atoms with van der Waals surface area (Å²) in [5, 5.41) is 19.6. The van der Waals surface area contributed by atoms with Crippen LogP contribution in [-0.4, -0.2) is 22.2 Å². The highest BCUT2D eigenvalue weighted by Crippen LogP contribution is 2.41. The predicted octanol–water partition coefficient (Wildman–Crippen LogP) is 5.66. The van der Waals surface area contributed by atoms with Crippen LogP contribution in [0.4, 0.5) is 5.69 Å². The number of ether oxygens (including phenoxy) is 1. The molecule has 1 atom stereocenters. The average Bonchev–Trinajstić information content (AvgIpc) is 2.95. The maximum absolute atomic E-state index is 12.0. The normalized spacial score (nSPS) is 12.6. The van der Waals surface area contributed by atoms with E-state index < -0.39 is 5.91 Å². The highest BCUT2D eigenvalue weighted by molar-refractivity contribution is 6.30. The van der Waals surface area contributed by atoms with E-state index in [0.29, 0.717) is 10.8 Å². The number of amides is 1. The number of benzene rings is 2. The Morgan fingerprint density at radius 1 is 1.26 bits per heavy atom. The standard InChI is InChI=1S/C20H20ClN3O3/c1-3-13(2)24-17-10-5-4-9-16(17)19(20(24)26)23-22-18(25)12-27-15-8-6-7-14(21)11-15/h4-11,13,26H,3,12H2,1-2H3. The van der Waals surface area contributed by atoms with Crippen LogP contribution in [-0.2, 0) is 4.79 Å². The third-order valence-corrected chi connectivity index (χ3v) is 4.55. The number of nitrogens with zero attached hydrogens (tertiary/aromatic N) is 3. The lowest BCUT2D eigenvalue weighted by Crippen LogP contribution is -2.07. The van der Waals surface area contributed by atoms with E-state index in [1.807, 2.05) is 38.1 Å². The van der Waals surface area contributed by atoms with Crippen molar-refractivity contribution in [2.75, 3.05) is 6.61 Å². The van der Waals surface area contributed by atoms with E-state index in [-0.39, 0.29) is 24.2 Å². The first kappa shape index (κ1) is 18.9. The number of aromatic nitrogens is 1. The van der Waals surface area contributed by atoms with Crippen molar-refractivity contribution in [1.29, 1.82) is 0 Å². The van der Waals surface area contributed by atoms with Gasteiger partial charge in [-0.05, 0) is 37.6 Å². The molecule has 2 aromatic carbocycles. The molecule has 0 radical (unpaired) electrons. The van der Waals surface area contributed by atoms with Gasteiger partial charge < -0.3 is 14.4 Å². The molecule has 1 aromatic heterocycles. The molecule has 0 aliphatic carbocycles. The number of carbonyl (C=O) groups excluding carboxylic acids is 1. The van der Waals surface area contributed by atoms with Gasteiger partial charge in [-0.2, -0.15) is 0 Å². The smallest absolute Gasteiger partial charge is 0.302 e. The first-order valence-electron chi connectivity index (χ1n) is 8.66.